The van der Waals surface area contributed by atoms with Gasteiger partial charge in [0.05, 0.1) is 22.8 Å². The average Bonchev–Trinajstić information content (AvgIpc) is 3.15. The summed E-state index contributed by atoms with van der Waals surface area (Å²) in [7, 11) is 0. The van der Waals surface area contributed by atoms with Gasteiger partial charge in [0.1, 0.15) is 5.76 Å². The highest BCUT2D eigenvalue weighted by Crippen LogP contribution is 2.25. The summed E-state index contributed by atoms with van der Waals surface area (Å²) in [4.78, 5) is 21.7. The van der Waals surface area contributed by atoms with Crippen LogP contribution in [0.2, 0.25) is 0 Å². The van der Waals surface area contributed by atoms with Crippen molar-refractivity contribution in [3.63, 3.8) is 0 Å². The molecule has 0 unspecified atom stereocenters. The lowest BCUT2D eigenvalue weighted by Crippen LogP contribution is -2.10. The molecule has 3 aromatic heterocycles. The topological polar surface area (TPSA) is 83.0 Å². The monoisotopic (exact) mass is 356 g/mol. The third-order valence-corrected chi connectivity index (χ3v) is 4.29. The molecule has 0 aliphatic carbocycles. The predicted molar refractivity (Wildman–Crippen MR) is 97.1 cm³/mol. The normalized spacial score (nSPS) is 11.7. The van der Waals surface area contributed by atoms with Crippen molar-refractivity contribution in [2.45, 2.75) is 60.1 Å². The van der Waals surface area contributed by atoms with E-state index >= 15 is 0 Å². The first kappa shape index (κ1) is 18.1. The van der Waals surface area contributed by atoms with E-state index in [9.17, 15) is 4.79 Å². The Morgan fingerprint density at radius 2 is 1.96 bits per heavy atom. The fourth-order valence-corrected chi connectivity index (χ4v) is 2.69. The second-order valence-corrected chi connectivity index (χ2v) is 6.99. The number of ether oxygens (including phenoxy) is 1. The van der Waals surface area contributed by atoms with Crippen LogP contribution in [-0.4, -0.2) is 25.7 Å². The molecule has 0 aliphatic rings. The van der Waals surface area contributed by atoms with Crippen molar-refractivity contribution >= 4 is 17.0 Å². The van der Waals surface area contributed by atoms with Crippen molar-refractivity contribution in [2.75, 3.05) is 0 Å². The first-order chi connectivity index (χ1) is 12.3. The second kappa shape index (κ2) is 6.90. The molecule has 0 atom stereocenters. The minimum absolute atomic E-state index is 0.00728. The van der Waals surface area contributed by atoms with Gasteiger partial charge in [0.2, 0.25) is 5.89 Å². The lowest BCUT2D eigenvalue weighted by molar-refractivity contribution is 0.0439. The number of nitrogens with zero attached hydrogens (tertiary/aromatic N) is 4. The van der Waals surface area contributed by atoms with Crippen LogP contribution < -0.4 is 0 Å². The number of carbonyl (C=O) groups is 1. The number of fused-ring (bicyclic) bond motifs is 1. The molecular weight excluding hydrogens is 332 g/mol. The van der Waals surface area contributed by atoms with Crippen LogP contribution in [0.1, 0.15) is 73.1 Å². The van der Waals surface area contributed by atoms with Gasteiger partial charge in [-0.25, -0.2) is 19.4 Å². The van der Waals surface area contributed by atoms with Crippen molar-refractivity contribution < 1.29 is 13.9 Å². The average molecular weight is 356 g/mol. The molecular formula is C19H24N4O3. The molecule has 0 radical (unpaired) electrons. The molecule has 0 amide bonds. The first-order valence-electron chi connectivity index (χ1n) is 8.76. The lowest BCUT2D eigenvalue weighted by atomic mass is 10.1. The van der Waals surface area contributed by atoms with E-state index in [1.54, 1.807) is 12.3 Å². The third-order valence-electron chi connectivity index (χ3n) is 4.29. The van der Waals surface area contributed by atoms with E-state index in [0.29, 0.717) is 22.5 Å². The number of carbonyl (C=O) groups excluding carboxylic acids is 1. The fourth-order valence-electron chi connectivity index (χ4n) is 2.69. The molecule has 0 N–H and O–H groups in total. The molecule has 3 rings (SSSR count). The Morgan fingerprint density at radius 3 is 2.54 bits per heavy atom. The van der Waals surface area contributed by atoms with Crippen LogP contribution in [0.3, 0.4) is 0 Å². The molecule has 0 aliphatic heterocycles. The Balaban J connectivity index is 1.95. The highest BCUT2D eigenvalue weighted by molar-refractivity contribution is 6.02. The predicted octanol–water partition coefficient (Wildman–Crippen LogP) is 4.10. The molecule has 0 saturated carbocycles. The molecule has 3 aromatic rings. The molecule has 0 aromatic carbocycles. The smallest absolute Gasteiger partial charge is 0.339 e. The quantitative estimate of drug-likeness (QED) is 0.640. The highest BCUT2D eigenvalue weighted by Gasteiger charge is 2.20. The minimum atomic E-state index is -0.434. The fraction of sp³-hybridized carbons (Fsp3) is 0.474. The maximum absolute atomic E-state index is 12.7. The van der Waals surface area contributed by atoms with E-state index in [2.05, 4.69) is 10.1 Å². The zero-order valence-electron chi connectivity index (χ0n) is 16.0. The van der Waals surface area contributed by atoms with Gasteiger partial charge in [-0.05, 0) is 39.7 Å². The minimum Gasteiger partial charge on any atom is -0.452 e. The molecule has 3 heterocycles. The van der Waals surface area contributed by atoms with E-state index in [1.165, 1.54) is 0 Å². The van der Waals surface area contributed by atoms with Gasteiger partial charge in [0.15, 0.2) is 12.3 Å². The van der Waals surface area contributed by atoms with Gasteiger partial charge in [-0.2, -0.15) is 5.10 Å². The molecule has 0 saturated heterocycles. The Kier molecular flexibility index (Phi) is 4.80. The Hall–Kier alpha value is -2.70. The summed E-state index contributed by atoms with van der Waals surface area (Å²) < 4.78 is 12.7. The second-order valence-electron chi connectivity index (χ2n) is 6.99. The number of oxazole rings is 1. The summed E-state index contributed by atoms with van der Waals surface area (Å²) in [6, 6.07) is 1.93. The maximum atomic E-state index is 12.7. The Morgan fingerprint density at radius 1 is 1.23 bits per heavy atom. The standard InChI is InChI=1S/C19H24N4O3/c1-10(2)16-7-14(15-8-20-23(11(3)4)18(15)22-16)19(24)25-9-17-21-12(5)13(6)26-17/h7-8,10-11H,9H2,1-6H3. The van der Waals surface area contributed by atoms with Gasteiger partial charge in [-0.1, -0.05) is 13.8 Å². The molecule has 26 heavy (non-hydrogen) atoms. The lowest BCUT2D eigenvalue weighted by Gasteiger charge is -2.11. The SMILES string of the molecule is Cc1nc(COC(=O)c2cc(C(C)C)nc3c2cnn3C(C)C)oc1C. The summed E-state index contributed by atoms with van der Waals surface area (Å²) in [5.74, 6) is 0.859. The number of aromatic nitrogens is 4. The van der Waals surface area contributed by atoms with Crippen LogP contribution in [0, 0.1) is 13.8 Å². The van der Waals surface area contributed by atoms with E-state index in [1.807, 2.05) is 46.2 Å². The van der Waals surface area contributed by atoms with E-state index in [-0.39, 0.29) is 18.6 Å². The molecule has 7 nitrogen and oxygen atoms in total. The molecule has 0 bridgehead atoms. The summed E-state index contributed by atoms with van der Waals surface area (Å²) in [5.41, 5.74) is 2.78. The van der Waals surface area contributed by atoms with Crippen LogP contribution >= 0.6 is 0 Å². The van der Waals surface area contributed by atoms with E-state index in [0.717, 1.165) is 17.1 Å². The molecule has 0 fully saturated rings. The Labute approximate surface area is 152 Å². The zero-order valence-corrected chi connectivity index (χ0v) is 16.0. The highest BCUT2D eigenvalue weighted by atomic mass is 16.5. The van der Waals surface area contributed by atoms with Crippen molar-refractivity contribution in [3.8, 4) is 0 Å². The van der Waals surface area contributed by atoms with Gasteiger partial charge in [0.25, 0.3) is 0 Å². The van der Waals surface area contributed by atoms with E-state index < -0.39 is 5.97 Å². The molecule has 138 valence electrons. The van der Waals surface area contributed by atoms with Crippen molar-refractivity contribution in [2.24, 2.45) is 0 Å². The summed E-state index contributed by atoms with van der Waals surface area (Å²) in [6.07, 6.45) is 1.67. The van der Waals surface area contributed by atoms with Crippen LogP contribution in [0.4, 0.5) is 0 Å². The van der Waals surface area contributed by atoms with Gasteiger partial charge in [-0.3, -0.25) is 0 Å². The molecule has 7 heteroatoms. The number of aryl methyl sites for hydroxylation is 2. The van der Waals surface area contributed by atoms with Crippen molar-refractivity contribution in [1.82, 2.24) is 19.7 Å². The first-order valence-corrected chi connectivity index (χ1v) is 8.76. The number of pyridine rings is 1. The number of rotatable bonds is 5. The van der Waals surface area contributed by atoms with Crippen LogP contribution in [-0.2, 0) is 11.3 Å². The third kappa shape index (κ3) is 3.34. The number of esters is 1. The van der Waals surface area contributed by atoms with Crippen LogP contribution in [0.5, 0.6) is 0 Å². The summed E-state index contributed by atoms with van der Waals surface area (Å²) in [6.45, 7) is 11.8. The maximum Gasteiger partial charge on any atom is 0.339 e. The zero-order chi connectivity index (χ0) is 19.0. The van der Waals surface area contributed by atoms with Crippen molar-refractivity contribution in [3.05, 3.63) is 40.9 Å². The Bertz CT molecular complexity index is 934. The van der Waals surface area contributed by atoms with Gasteiger partial charge >= 0.3 is 5.97 Å². The van der Waals surface area contributed by atoms with Gasteiger partial charge < -0.3 is 9.15 Å². The molecule has 0 spiro atoms. The van der Waals surface area contributed by atoms with Crippen LogP contribution in [0.15, 0.2) is 16.7 Å². The largest absolute Gasteiger partial charge is 0.452 e. The van der Waals surface area contributed by atoms with E-state index in [4.69, 9.17) is 14.1 Å². The summed E-state index contributed by atoms with van der Waals surface area (Å²) in [5, 5.41) is 5.07. The van der Waals surface area contributed by atoms with Gasteiger partial charge in [-0.15, -0.1) is 0 Å². The van der Waals surface area contributed by atoms with Crippen LogP contribution in [0.25, 0.3) is 11.0 Å². The van der Waals surface area contributed by atoms with Crippen molar-refractivity contribution in [1.29, 1.82) is 0 Å². The number of hydrogen-bond acceptors (Lipinski definition) is 6. The van der Waals surface area contributed by atoms with Gasteiger partial charge in [0, 0.05) is 11.7 Å². The number of hydrogen-bond donors (Lipinski definition) is 0. The summed E-state index contributed by atoms with van der Waals surface area (Å²) >= 11 is 0.